The van der Waals surface area contributed by atoms with E-state index in [4.69, 9.17) is 0 Å². The summed E-state index contributed by atoms with van der Waals surface area (Å²) >= 11 is 0. The second kappa shape index (κ2) is 6.46. The molecule has 0 unspecified atom stereocenters. The first-order valence-electron chi connectivity index (χ1n) is 6.33. The zero-order valence-electron chi connectivity index (χ0n) is 11.6. The molecule has 0 saturated heterocycles. The van der Waals surface area contributed by atoms with Crippen LogP contribution in [0, 0.1) is 11.6 Å². The molecule has 0 bridgehead atoms. The summed E-state index contributed by atoms with van der Waals surface area (Å²) in [5, 5.41) is 0. The summed E-state index contributed by atoms with van der Waals surface area (Å²) in [5.74, 6) is -4.21. The number of allylic oxidation sites excluding steroid dienone is 1. The van der Waals surface area contributed by atoms with Gasteiger partial charge in [-0.2, -0.15) is 17.6 Å². The predicted octanol–water partition coefficient (Wildman–Crippen LogP) is 5.61. The van der Waals surface area contributed by atoms with Crippen molar-refractivity contribution in [2.24, 2.45) is 0 Å². The highest BCUT2D eigenvalue weighted by Gasteiger charge is 2.26. The van der Waals surface area contributed by atoms with Crippen LogP contribution >= 0.6 is 0 Å². The maximum absolute atomic E-state index is 13.8. The Labute approximate surface area is 131 Å². The van der Waals surface area contributed by atoms with Crippen molar-refractivity contribution in [3.8, 4) is 11.1 Å². The molecule has 0 heterocycles. The van der Waals surface area contributed by atoms with Gasteiger partial charge in [-0.1, -0.05) is 12.1 Å². The van der Waals surface area contributed by atoms with E-state index in [-0.39, 0.29) is 11.1 Å². The Balaban J connectivity index is 2.44. The van der Waals surface area contributed by atoms with E-state index < -0.39 is 46.9 Å². The first kappa shape index (κ1) is 17.7. The molecule has 2 rings (SSSR count). The molecule has 0 N–H and O–H groups in total. The van der Waals surface area contributed by atoms with Crippen molar-refractivity contribution in [2.45, 2.75) is 6.18 Å². The van der Waals surface area contributed by atoms with E-state index in [1.807, 2.05) is 0 Å². The molecule has 0 saturated carbocycles. The van der Waals surface area contributed by atoms with Crippen LogP contribution in [0.4, 0.5) is 30.7 Å². The van der Waals surface area contributed by atoms with Crippen LogP contribution in [-0.2, 0) is 0 Å². The van der Waals surface area contributed by atoms with E-state index in [0.717, 1.165) is 24.3 Å². The molecule has 0 fully saturated rings. The Morgan fingerprint density at radius 1 is 0.917 bits per heavy atom. The summed E-state index contributed by atoms with van der Waals surface area (Å²) in [6.45, 7) is 0. The molecular weight excluding hydrogens is 341 g/mol. The highest BCUT2D eigenvalue weighted by Crippen LogP contribution is 2.30. The van der Waals surface area contributed by atoms with Crippen molar-refractivity contribution < 1.29 is 35.5 Å². The molecule has 1 nitrogen and oxygen atoms in total. The van der Waals surface area contributed by atoms with Crippen LogP contribution in [0.15, 0.2) is 42.5 Å². The third-order valence-electron chi connectivity index (χ3n) is 3.02. The molecule has 0 atom stereocenters. The Bertz CT molecular complexity index is 822. The smallest absolute Gasteiger partial charge is 0.255 e. The number of benzene rings is 2. The standard InChI is InChI=1S/C16H7F7O/c17-12-6-9(15(20)24)2-3-10(12)8-1-4-11(13(18)5-8)14(19)7-16(21,22)23/h1-7H/b14-7-. The van der Waals surface area contributed by atoms with Crippen molar-refractivity contribution in [1.29, 1.82) is 0 Å². The zero-order chi connectivity index (χ0) is 18.1. The van der Waals surface area contributed by atoms with Gasteiger partial charge in [0.15, 0.2) is 0 Å². The third-order valence-corrected chi connectivity index (χ3v) is 3.02. The Kier molecular flexibility index (Phi) is 4.77. The van der Waals surface area contributed by atoms with Gasteiger partial charge in [-0.05, 0) is 29.8 Å². The van der Waals surface area contributed by atoms with Crippen molar-refractivity contribution in [2.75, 3.05) is 0 Å². The molecule has 0 radical (unpaired) electrons. The molecule has 24 heavy (non-hydrogen) atoms. The quantitative estimate of drug-likeness (QED) is 0.520. The highest BCUT2D eigenvalue weighted by atomic mass is 19.4. The van der Waals surface area contributed by atoms with Crippen LogP contribution in [0.1, 0.15) is 15.9 Å². The fraction of sp³-hybridized carbons (Fsp3) is 0.0625. The number of hydrogen-bond donors (Lipinski definition) is 0. The van der Waals surface area contributed by atoms with Crippen molar-refractivity contribution >= 4 is 11.9 Å². The van der Waals surface area contributed by atoms with Crippen LogP contribution in [0.25, 0.3) is 17.0 Å². The minimum Gasteiger partial charge on any atom is -0.255 e. The fourth-order valence-electron chi connectivity index (χ4n) is 1.97. The molecule has 0 spiro atoms. The number of rotatable bonds is 3. The zero-order valence-corrected chi connectivity index (χ0v) is 11.6. The highest BCUT2D eigenvalue weighted by molar-refractivity contribution is 5.89. The lowest BCUT2D eigenvalue weighted by atomic mass is 10.0. The number of carbonyl (C=O) groups excluding carboxylic acids is 1. The number of alkyl halides is 3. The van der Waals surface area contributed by atoms with Gasteiger partial charge in [0.05, 0.1) is 11.6 Å². The van der Waals surface area contributed by atoms with Gasteiger partial charge in [-0.25, -0.2) is 13.2 Å². The average Bonchev–Trinajstić information content (AvgIpc) is 2.44. The van der Waals surface area contributed by atoms with Gasteiger partial charge in [0.25, 0.3) is 0 Å². The van der Waals surface area contributed by atoms with Crippen molar-refractivity contribution in [3.63, 3.8) is 0 Å². The number of hydrogen-bond acceptors (Lipinski definition) is 1. The van der Waals surface area contributed by atoms with Crippen LogP contribution in [0.3, 0.4) is 0 Å². The van der Waals surface area contributed by atoms with Crippen LogP contribution in [-0.4, -0.2) is 12.2 Å². The second-order valence-corrected chi connectivity index (χ2v) is 4.70. The Morgan fingerprint density at radius 2 is 1.58 bits per heavy atom. The SMILES string of the molecule is O=C(F)c1ccc(-c2ccc(/C(F)=C/C(F)(F)F)c(F)c2)c(F)c1. The monoisotopic (exact) mass is 348 g/mol. The summed E-state index contributed by atoms with van der Waals surface area (Å²) < 4.78 is 89.8. The lowest BCUT2D eigenvalue weighted by Crippen LogP contribution is -2.02. The third kappa shape index (κ3) is 4.01. The minimum absolute atomic E-state index is 0.119. The Morgan fingerprint density at radius 3 is 2.08 bits per heavy atom. The summed E-state index contributed by atoms with van der Waals surface area (Å²) in [5.41, 5.74) is -1.84. The summed E-state index contributed by atoms with van der Waals surface area (Å²) in [4.78, 5) is 10.5. The van der Waals surface area contributed by atoms with Gasteiger partial charge in [0.1, 0.15) is 17.5 Å². The van der Waals surface area contributed by atoms with Crippen LogP contribution < -0.4 is 0 Å². The number of halogens is 7. The topological polar surface area (TPSA) is 17.1 Å². The van der Waals surface area contributed by atoms with E-state index in [1.165, 1.54) is 0 Å². The van der Waals surface area contributed by atoms with Gasteiger partial charge in [0.2, 0.25) is 0 Å². The van der Waals surface area contributed by atoms with Crippen molar-refractivity contribution in [3.05, 3.63) is 65.2 Å². The maximum Gasteiger partial charge on any atom is 0.412 e. The molecule has 0 aliphatic heterocycles. The van der Waals surface area contributed by atoms with Gasteiger partial charge >= 0.3 is 12.2 Å². The van der Waals surface area contributed by atoms with E-state index in [2.05, 4.69) is 0 Å². The maximum atomic E-state index is 13.8. The van der Waals surface area contributed by atoms with E-state index in [9.17, 15) is 35.5 Å². The van der Waals surface area contributed by atoms with Crippen LogP contribution in [0.5, 0.6) is 0 Å². The molecule has 0 aliphatic carbocycles. The van der Waals surface area contributed by atoms with E-state index >= 15 is 0 Å². The van der Waals surface area contributed by atoms with Crippen molar-refractivity contribution in [1.82, 2.24) is 0 Å². The van der Waals surface area contributed by atoms with Gasteiger partial charge < -0.3 is 0 Å². The van der Waals surface area contributed by atoms with Crippen LogP contribution in [0.2, 0.25) is 0 Å². The first-order valence-corrected chi connectivity index (χ1v) is 6.33. The predicted molar refractivity (Wildman–Crippen MR) is 72.4 cm³/mol. The molecule has 8 heteroatoms. The molecule has 2 aromatic carbocycles. The lowest BCUT2D eigenvalue weighted by molar-refractivity contribution is -0.0798. The summed E-state index contributed by atoms with van der Waals surface area (Å²) in [6, 6.07) is 3.03. The summed E-state index contributed by atoms with van der Waals surface area (Å²) in [6.07, 6.45) is -5.66. The van der Waals surface area contributed by atoms with Gasteiger partial charge in [-0.3, -0.25) is 4.79 Å². The van der Waals surface area contributed by atoms with E-state index in [1.54, 1.807) is 0 Å². The molecule has 0 aromatic heterocycles. The fourth-order valence-corrected chi connectivity index (χ4v) is 1.97. The van der Waals surface area contributed by atoms with Gasteiger partial charge in [-0.15, -0.1) is 0 Å². The number of carbonyl (C=O) groups is 1. The molecule has 126 valence electrons. The molecular formula is C16H7F7O. The van der Waals surface area contributed by atoms with Gasteiger partial charge in [0, 0.05) is 11.1 Å². The average molecular weight is 348 g/mol. The van der Waals surface area contributed by atoms with E-state index in [0.29, 0.717) is 12.1 Å². The largest absolute Gasteiger partial charge is 0.412 e. The molecule has 0 aliphatic rings. The first-order chi connectivity index (χ1) is 11.1. The normalized spacial score (nSPS) is 12.4. The molecule has 2 aromatic rings. The minimum atomic E-state index is -4.96. The Hall–Kier alpha value is -2.64. The summed E-state index contributed by atoms with van der Waals surface area (Å²) in [7, 11) is 0. The lowest BCUT2D eigenvalue weighted by Gasteiger charge is -2.08. The second-order valence-electron chi connectivity index (χ2n) is 4.70. The molecule has 0 amide bonds.